The van der Waals surface area contributed by atoms with E-state index in [1.165, 1.54) is 12.8 Å². The number of carbonyl (C=O) groups is 2. The second-order valence-electron chi connectivity index (χ2n) is 5.71. The van der Waals surface area contributed by atoms with Crippen molar-refractivity contribution < 1.29 is 14.7 Å². The Morgan fingerprint density at radius 3 is 2.65 bits per heavy atom. The number of hydrogen-bond acceptors (Lipinski definition) is 4. The molecule has 1 heterocycles. The molecule has 6 nitrogen and oxygen atoms in total. The van der Waals surface area contributed by atoms with E-state index in [0.717, 1.165) is 32.0 Å². The van der Waals surface area contributed by atoms with E-state index in [1.54, 1.807) is 0 Å². The summed E-state index contributed by atoms with van der Waals surface area (Å²) in [4.78, 5) is 24.4. The summed E-state index contributed by atoms with van der Waals surface area (Å²) in [6, 6.07) is -0.720. The quantitative estimate of drug-likeness (QED) is 0.562. The standard InChI is InChI=1S/C14H27N3O3/c1-11-5-9-17(10-6-11)8-2-7-16-14(20)12(15)3-4-13(18)19/h11-12H,2-10,15H2,1H3,(H,16,20)(H,18,19). The molecule has 0 radical (unpaired) electrons. The van der Waals surface area contributed by atoms with Crippen molar-refractivity contribution in [3.05, 3.63) is 0 Å². The largest absolute Gasteiger partial charge is 0.481 e. The monoisotopic (exact) mass is 285 g/mol. The van der Waals surface area contributed by atoms with E-state index >= 15 is 0 Å². The van der Waals surface area contributed by atoms with Crippen LogP contribution in [0.3, 0.4) is 0 Å². The van der Waals surface area contributed by atoms with Crippen molar-refractivity contribution in [2.75, 3.05) is 26.2 Å². The number of rotatable bonds is 8. The SMILES string of the molecule is CC1CCN(CCCNC(=O)C(N)CCC(=O)O)CC1. The molecule has 4 N–H and O–H groups in total. The van der Waals surface area contributed by atoms with Gasteiger partial charge in [0.15, 0.2) is 0 Å². The van der Waals surface area contributed by atoms with Gasteiger partial charge in [-0.1, -0.05) is 6.92 Å². The molecule has 1 saturated heterocycles. The minimum Gasteiger partial charge on any atom is -0.481 e. The van der Waals surface area contributed by atoms with Crippen molar-refractivity contribution in [1.82, 2.24) is 10.2 Å². The smallest absolute Gasteiger partial charge is 0.303 e. The number of nitrogens with one attached hydrogen (secondary N) is 1. The fourth-order valence-corrected chi connectivity index (χ4v) is 2.34. The summed E-state index contributed by atoms with van der Waals surface area (Å²) in [5.74, 6) is -0.343. The van der Waals surface area contributed by atoms with E-state index in [1.807, 2.05) is 0 Å². The first-order chi connectivity index (χ1) is 9.49. The summed E-state index contributed by atoms with van der Waals surface area (Å²) in [5, 5.41) is 11.3. The highest BCUT2D eigenvalue weighted by molar-refractivity contribution is 5.82. The zero-order valence-corrected chi connectivity index (χ0v) is 12.3. The van der Waals surface area contributed by atoms with Crippen molar-refractivity contribution in [1.29, 1.82) is 0 Å². The highest BCUT2D eigenvalue weighted by Crippen LogP contribution is 2.15. The average Bonchev–Trinajstić information content (AvgIpc) is 2.42. The van der Waals surface area contributed by atoms with Crippen LogP contribution in [-0.2, 0) is 9.59 Å². The number of piperidine rings is 1. The third-order valence-electron chi connectivity index (χ3n) is 3.83. The number of carboxylic acids is 1. The van der Waals surface area contributed by atoms with Gasteiger partial charge in [-0.25, -0.2) is 0 Å². The van der Waals surface area contributed by atoms with Gasteiger partial charge in [0.05, 0.1) is 6.04 Å². The molecule has 1 unspecified atom stereocenters. The zero-order valence-electron chi connectivity index (χ0n) is 12.3. The van der Waals surface area contributed by atoms with Crippen molar-refractivity contribution in [3.63, 3.8) is 0 Å². The number of aliphatic carboxylic acids is 1. The van der Waals surface area contributed by atoms with Gasteiger partial charge in [0.2, 0.25) is 5.91 Å². The van der Waals surface area contributed by atoms with Gasteiger partial charge in [0.25, 0.3) is 0 Å². The summed E-state index contributed by atoms with van der Waals surface area (Å²) in [6.45, 7) is 6.18. The molecule has 6 heteroatoms. The molecule has 0 saturated carbocycles. The number of amides is 1. The second kappa shape index (κ2) is 8.92. The Kier molecular flexibility index (Phi) is 7.54. The third-order valence-corrected chi connectivity index (χ3v) is 3.83. The van der Waals surface area contributed by atoms with Crippen molar-refractivity contribution in [2.24, 2.45) is 11.7 Å². The van der Waals surface area contributed by atoms with Crippen LogP contribution in [0, 0.1) is 5.92 Å². The molecule has 0 aromatic carbocycles. The Labute approximate surface area is 120 Å². The van der Waals surface area contributed by atoms with Gasteiger partial charge < -0.3 is 21.1 Å². The lowest BCUT2D eigenvalue weighted by atomic mass is 9.99. The van der Waals surface area contributed by atoms with Crippen molar-refractivity contribution >= 4 is 11.9 Å². The maximum atomic E-state index is 11.6. The van der Waals surface area contributed by atoms with E-state index in [4.69, 9.17) is 10.8 Å². The minimum absolute atomic E-state index is 0.0689. The normalized spacial score (nSPS) is 18.7. The van der Waals surface area contributed by atoms with Gasteiger partial charge in [0, 0.05) is 13.0 Å². The van der Waals surface area contributed by atoms with Crippen LogP contribution in [0.5, 0.6) is 0 Å². The average molecular weight is 285 g/mol. The van der Waals surface area contributed by atoms with Crippen LogP contribution in [0.1, 0.15) is 39.0 Å². The second-order valence-corrected chi connectivity index (χ2v) is 5.71. The van der Waals surface area contributed by atoms with Gasteiger partial charge in [0.1, 0.15) is 0 Å². The third kappa shape index (κ3) is 6.86. The maximum Gasteiger partial charge on any atom is 0.303 e. The first kappa shape index (κ1) is 16.9. The summed E-state index contributed by atoms with van der Waals surface area (Å²) in [7, 11) is 0. The van der Waals surface area contributed by atoms with Gasteiger partial charge >= 0.3 is 5.97 Å². The summed E-state index contributed by atoms with van der Waals surface area (Å²) >= 11 is 0. The molecular weight excluding hydrogens is 258 g/mol. The van der Waals surface area contributed by atoms with E-state index in [0.29, 0.717) is 6.54 Å². The molecule has 20 heavy (non-hydrogen) atoms. The van der Waals surface area contributed by atoms with Crippen LogP contribution < -0.4 is 11.1 Å². The van der Waals surface area contributed by atoms with Gasteiger partial charge in [-0.3, -0.25) is 9.59 Å². The Balaban J connectivity index is 2.05. The Bertz CT molecular complexity index is 315. The lowest BCUT2D eigenvalue weighted by Crippen LogP contribution is -2.42. The van der Waals surface area contributed by atoms with Crippen LogP contribution >= 0.6 is 0 Å². The summed E-state index contributed by atoms with van der Waals surface area (Å²) in [5.41, 5.74) is 5.62. The first-order valence-electron chi connectivity index (χ1n) is 7.46. The molecule has 0 aliphatic carbocycles. The Morgan fingerprint density at radius 2 is 2.05 bits per heavy atom. The molecule has 0 aromatic heterocycles. The number of nitrogens with zero attached hydrogens (tertiary/aromatic N) is 1. The molecule has 0 spiro atoms. The highest BCUT2D eigenvalue weighted by Gasteiger charge is 2.16. The molecule has 1 fully saturated rings. The molecule has 1 amide bonds. The van der Waals surface area contributed by atoms with Gasteiger partial charge in [-0.05, 0) is 51.2 Å². The van der Waals surface area contributed by atoms with Crippen LogP contribution in [0.4, 0.5) is 0 Å². The predicted octanol–water partition coefficient (Wildman–Crippen LogP) is 0.417. The number of carboxylic acid groups (broad SMARTS) is 1. The predicted molar refractivity (Wildman–Crippen MR) is 77.3 cm³/mol. The van der Waals surface area contributed by atoms with E-state index in [2.05, 4.69) is 17.1 Å². The molecule has 116 valence electrons. The van der Waals surface area contributed by atoms with Crippen LogP contribution in [-0.4, -0.2) is 54.1 Å². The summed E-state index contributed by atoms with van der Waals surface area (Å²) < 4.78 is 0. The molecule has 0 bridgehead atoms. The van der Waals surface area contributed by atoms with Crippen LogP contribution in [0.15, 0.2) is 0 Å². The number of carbonyl (C=O) groups excluding carboxylic acids is 1. The molecule has 1 aliphatic heterocycles. The van der Waals surface area contributed by atoms with Crippen LogP contribution in [0.25, 0.3) is 0 Å². The van der Waals surface area contributed by atoms with E-state index in [9.17, 15) is 9.59 Å². The fraction of sp³-hybridized carbons (Fsp3) is 0.857. The van der Waals surface area contributed by atoms with Crippen molar-refractivity contribution in [2.45, 2.75) is 45.1 Å². The zero-order chi connectivity index (χ0) is 15.0. The van der Waals surface area contributed by atoms with E-state index in [-0.39, 0.29) is 18.7 Å². The fourth-order valence-electron chi connectivity index (χ4n) is 2.34. The molecule has 1 atom stereocenters. The number of likely N-dealkylation sites (tertiary alicyclic amines) is 1. The first-order valence-corrected chi connectivity index (χ1v) is 7.46. The van der Waals surface area contributed by atoms with Crippen molar-refractivity contribution in [3.8, 4) is 0 Å². The van der Waals surface area contributed by atoms with Gasteiger partial charge in [-0.2, -0.15) is 0 Å². The highest BCUT2D eigenvalue weighted by atomic mass is 16.4. The summed E-state index contributed by atoms with van der Waals surface area (Å²) in [6.07, 6.45) is 3.54. The Hall–Kier alpha value is -1.14. The molecule has 0 aromatic rings. The molecule has 1 aliphatic rings. The number of nitrogens with two attached hydrogens (primary N) is 1. The number of hydrogen-bond donors (Lipinski definition) is 3. The maximum absolute atomic E-state index is 11.6. The molecule has 1 rings (SSSR count). The van der Waals surface area contributed by atoms with Crippen LogP contribution in [0.2, 0.25) is 0 Å². The minimum atomic E-state index is -0.924. The van der Waals surface area contributed by atoms with E-state index < -0.39 is 12.0 Å². The lowest BCUT2D eigenvalue weighted by Gasteiger charge is -2.30. The Morgan fingerprint density at radius 1 is 1.40 bits per heavy atom. The molecular formula is C14H27N3O3. The lowest BCUT2D eigenvalue weighted by molar-refractivity contribution is -0.137. The topological polar surface area (TPSA) is 95.7 Å². The van der Waals surface area contributed by atoms with Gasteiger partial charge in [-0.15, -0.1) is 0 Å².